The number of nitrogens with zero attached hydrogens (tertiary/aromatic N) is 1. The van der Waals surface area contributed by atoms with E-state index in [2.05, 4.69) is 34.5 Å². The van der Waals surface area contributed by atoms with E-state index in [1.54, 1.807) is 6.07 Å². The summed E-state index contributed by atoms with van der Waals surface area (Å²) < 4.78 is 13.4. The highest BCUT2D eigenvalue weighted by Gasteiger charge is 2.14. The maximum absolute atomic E-state index is 13.4. The number of aryl methyl sites for hydroxylation is 1. The highest BCUT2D eigenvalue weighted by atomic mass is 19.1. The molecule has 0 aliphatic carbocycles. The van der Waals surface area contributed by atoms with Crippen LogP contribution in [0.25, 0.3) is 0 Å². The summed E-state index contributed by atoms with van der Waals surface area (Å²) in [5.74, 6) is -0.133. The second-order valence-corrected chi connectivity index (χ2v) is 5.31. The summed E-state index contributed by atoms with van der Waals surface area (Å²) in [7, 11) is 0. The van der Waals surface area contributed by atoms with Crippen LogP contribution in [0, 0.1) is 12.7 Å². The first-order valence-electron chi connectivity index (χ1n) is 7.02. The lowest BCUT2D eigenvalue weighted by atomic mass is 10.1. The van der Waals surface area contributed by atoms with Crippen molar-refractivity contribution in [2.75, 3.05) is 18.0 Å². The van der Waals surface area contributed by atoms with Gasteiger partial charge in [0.25, 0.3) is 0 Å². The molecule has 0 atom stereocenters. The Kier molecular flexibility index (Phi) is 3.70. The maximum Gasteiger partial charge on any atom is 0.126 e. The van der Waals surface area contributed by atoms with E-state index in [-0.39, 0.29) is 5.82 Å². The van der Waals surface area contributed by atoms with Crippen LogP contribution in [0.3, 0.4) is 0 Å². The van der Waals surface area contributed by atoms with Gasteiger partial charge >= 0.3 is 0 Å². The minimum Gasteiger partial charge on any atom is -0.366 e. The number of anilines is 1. The van der Waals surface area contributed by atoms with Crippen molar-refractivity contribution in [2.24, 2.45) is 0 Å². The van der Waals surface area contributed by atoms with Crippen LogP contribution in [0.4, 0.5) is 10.1 Å². The molecule has 0 unspecified atom stereocenters. The number of benzene rings is 2. The number of hydrogen-bond acceptors (Lipinski definition) is 2. The summed E-state index contributed by atoms with van der Waals surface area (Å²) in [5, 5.41) is 3.44. The van der Waals surface area contributed by atoms with Crippen molar-refractivity contribution in [2.45, 2.75) is 20.0 Å². The quantitative estimate of drug-likeness (QED) is 0.901. The van der Waals surface area contributed by atoms with E-state index in [9.17, 15) is 4.39 Å². The highest BCUT2D eigenvalue weighted by Crippen LogP contribution is 2.24. The summed E-state index contributed by atoms with van der Waals surface area (Å²) in [4.78, 5) is 2.36. The van der Waals surface area contributed by atoms with Crippen LogP contribution in [-0.2, 0) is 13.1 Å². The van der Waals surface area contributed by atoms with Crippen molar-refractivity contribution in [3.8, 4) is 0 Å². The number of fused-ring (bicyclic) bond motifs is 1. The first-order valence-corrected chi connectivity index (χ1v) is 7.02. The molecular weight excluding hydrogens is 251 g/mol. The molecule has 1 aliphatic rings. The van der Waals surface area contributed by atoms with Gasteiger partial charge in [0, 0.05) is 31.9 Å². The van der Waals surface area contributed by atoms with Crippen molar-refractivity contribution in [3.05, 3.63) is 65.0 Å². The predicted octanol–water partition coefficient (Wildman–Crippen LogP) is 3.24. The van der Waals surface area contributed by atoms with E-state index < -0.39 is 0 Å². The van der Waals surface area contributed by atoms with Gasteiger partial charge in [0.05, 0.1) is 0 Å². The predicted molar refractivity (Wildman–Crippen MR) is 80.3 cm³/mol. The minimum atomic E-state index is -0.133. The number of para-hydroxylation sites is 1. The monoisotopic (exact) mass is 270 g/mol. The van der Waals surface area contributed by atoms with Gasteiger partial charge in [0.15, 0.2) is 0 Å². The number of hydrogen-bond donors (Lipinski definition) is 1. The molecule has 0 saturated heterocycles. The molecule has 104 valence electrons. The molecule has 0 amide bonds. The van der Waals surface area contributed by atoms with Crippen molar-refractivity contribution in [1.82, 2.24) is 5.32 Å². The molecule has 0 aromatic heterocycles. The Labute approximate surface area is 119 Å². The molecule has 2 aromatic carbocycles. The van der Waals surface area contributed by atoms with Crippen LogP contribution in [0.1, 0.15) is 16.7 Å². The molecule has 2 nitrogen and oxygen atoms in total. The largest absolute Gasteiger partial charge is 0.366 e. The van der Waals surface area contributed by atoms with Crippen LogP contribution >= 0.6 is 0 Å². The van der Waals surface area contributed by atoms with Crippen molar-refractivity contribution in [3.63, 3.8) is 0 Å². The van der Waals surface area contributed by atoms with E-state index in [1.165, 1.54) is 11.3 Å². The van der Waals surface area contributed by atoms with Crippen LogP contribution in [0.15, 0.2) is 42.5 Å². The fraction of sp³-hybridized carbons (Fsp3) is 0.294. The molecule has 0 fully saturated rings. The lowest BCUT2D eigenvalue weighted by Gasteiger charge is -2.25. The first kappa shape index (κ1) is 13.1. The Balaban J connectivity index is 1.88. The van der Waals surface area contributed by atoms with Crippen molar-refractivity contribution >= 4 is 5.69 Å². The summed E-state index contributed by atoms with van der Waals surface area (Å²) in [6.07, 6.45) is 0. The molecule has 0 spiro atoms. The Hall–Kier alpha value is -1.87. The lowest BCUT2D eigenvalue weighted by molar-refractivity contribution is 0.617. The normalized spacial score (nSPS) is 14.8. The van der Waals surface area contributed by atoms with Gasteiger partial charge in [-0.15, -0.1) is 0 Å². The van der Waals surface area contributed by atoms with Gasteiger partial charge in [0.1, 0.15) is 5.82 Å². The Morgan fingerprint density at radius 2 is 2.05 bits per heavy atom. The zero-order valence-electron chi connectivity index (χ0n) is 11.7. The zero-order valence-corrected chi connectivity index (χ0v) is 11.7. The van der Waals surface area contributed by atoms with E-state index in [0.717, 1.165) is 31.7 Å². The van der Waals surface area contributed by atoms with Gasteiger partial charge < -0.3 is 10.2 Å². The third kappa shape index (κ3) is 2.68. The number of rotatable bonds is 2. The molecule has 1 aliphatic heterocycles. The summed E-state index contributed by atoms with van der Waals surface area (Å²) >= 11 is 0. The molecule has 0 radical (unpaired) electrons. The first-order chi connectivity index (χ1) is 9.74. The molecule has 3 heteroatoms. The number of nitrogens with one attached hydrogen (secondary N) is 1. The van der Waals surface area contributed by atoms with Gasteiger partial charge in [-0.25, -0.2) is 4.39 Å². The minimum absolute atomic E-state index is 0.133. The van der Waals surface area contributed by atoms with Gasteiger partial charge in [-0.05, 0) is 35.7 Å². The van der Waals surface area contributed by atoms with E-state index in [1.807, 2.05) is 19.1 Å². The van der Waals surface area contributed by atoms with Crippen molar-refractivity contribution in [1.29, 1.82) is 0 Å². The number of halogens is 1. The van der Waals surface area contributed by atoms with Gasteiger partial charge in [-0.1, -0.05) is 30.3 Å². The highest BCUT2D eigenvalue weighted by molar-refractivity contribution is 5.54. The van der Waals surface area contributed by atoms with Gasteiger partial charge in [-0.3, -0.25) is 0 Å². The van der Waals surface area contributed by atoms with E-state index in [0.29, 0.717) is 5.56 Å². The summed E-state index contributed by atoms with van der Waals surface area (Å²) in [6, 6.07) is 13.9. The second kappa shape index (κ2) is 5.63. The Morgan fingerprint density at radius 1 is 1.20 bits per heavy atom. The molecule has 0 bridgehead atoms. The summed E-state index contributed by atoms with van der Waals surface area (Å²) in [5.41, 5.74) is 4.47. The fourth-order valence-corrected chi connectivity index (χ4v) is 2.72. The van der Waals surface area contributed by atoms with Crippen LogP contribution in [0.5, 0.6) is 0 Å². The third-order valence-corrected chi connectivity index (χ3v) is 3.80. The molecule has 3 rings (SSSR count). The van der Waals surface area contributed by atoms with Gasteiger partial charge in [0.2, 0.25) is 0 Å². The molecule has 20 heavy (non-hydrogen) atoms. The SMILES string of the molecule is Cc1cc(CN2CCNCc3ccccc32)ccc1F. The second-order valence-electron chi connectivity index (χ2n) is 5.31. The Bertz CT molecular complexity index is 610. The van der Waals surface area contributed by atoms with Crippen molar-refractivity contribution < 1.29 is 4.39 Å². The van der Waals surface area contributed by atoms with E-state index >= 15 is 0 Å². The lowest BCUT2D eigenvalue weighted by Crippen LogP contribution is -2.28. The molecule has 1 N–H and O–H groups in total. The smallest absolute Gasteiger partial charge is 0.126 e. The molecular formula is C17H19FN2. The van der Waals surface area contributed by atoms with Crippen LogP contribution < -0.4 is 10.2 Å². The maximum atomic E-state index is 13.4. The Morgan fingerprint density at radius 3 is 2.90 bits per heavy atom. The molecule has 2 aromatic rings. The van der Waals surface area contributed by atoms with Gasteiger partial charge in [-0.2, -0.15) is 0 Å². The summed E-state index contributed by atoms with van der Waals surface area (Å²) in [6.45, 7) is 5.48. The topological polar surface area (TPSA) is 15.3 Å². The average molecular weight is 270 g/mol. The van der Waals surface area contributed by atoms with Crippen LogP contribution in [-0.4, -0.2) is 13.1 Å². The molecule has 1 heterocycles. The third-order valence-electron chi connectivity index (χ3n) is 3.80. The van der Waals surface area contributed by atoms with E-state index in [4.69, 9.17) is 0 Å². The fourth-order valence-electron chi connectivity index (χ4n) is 2.72. The zero-order chi connectivity index (χ0) is 13.9. The molecule has 0 saturated carbocycles. The standard InChI is InChI=1S/C17H19FN2/c1-13-10-14(6-7-16(13)18)12-20-9-8-19-11-15-4-2-3-5-17(15)20/h2-7,10,19H,8-9,11-12H2,1H3. The van der Waals surface area contributed by atoms with Crippen LogP contribution in [0.2, 0.25) is 0 Å². The average Bonchev–Trinajstić information content (AvgIpc) is 2.66.